The van der Waals surface area contributed by atoms with E-state index in [0.29, 0.717) is 13.1 Å². The summed E-state index contributed by atoms with van der Waals surface area (Å²) in [5.41, 5.74) is 1.21. The van der Waals surface area contributed by atoms with E-state index in [1.165, 1.54) is 5.56 Å². The van der Waals surface area contributed by atoms with E-state index >= 15 is 0 Å². The Morgan fingerprint density at radius 2 is 1.90 bits per heavy atom. The molecule has 0 saturated carbocycles. The number of pyridine rings is 1. The molecule has 0 atom stereocenters. The lowest BCUT2D eigenvalue weighted by atomic mass is 10.1. The first-order valence-corrected chi connectivity index (χ1v) is 7.64. The van der Waals surface area contributed by atoms with Gasteiger partial charge < -0.3 is 5.32 Å². The van der Waals surface area contributed by atoms with Crippen molar-refractivity contribution in [1.29, 1.82) is 0 Å². The molecule has 5 heteroatoms. The van der Waals surface area contributed by atoms with Crippen LogP contribution in [-0.2, 0) is 16.0 Å². The largest absolute Gasteiger partial charge is 0.356 e. The number of rotatable bonds is 8. The Morgan fingerprint density at radius 3 is 2.62 bits per heavy atom. The number of nitrogens with one attached hydrogen (secondary N) is 1. The number of likely N-dealkylation sites (tertiary alicyclic amines) is 1. The molecule has 114 valence electrons. The van der Waals surface area contributed by atoms with Crippen molar-refractivity contribution in [3.8, 4) is 0 Å². The van der Waals surface area contributed by atoms with E-state index in [2.05, 4.69) is 15.2 Å². The van der Waals surface area contributed by atoms with Crippen LogP contribution in [-0.4, -0.2) is 47.8 Å². The number of hydrogen-bond acceptors (Lipinski definition) is 4. The van der Waals surface area contributed by atoms with E-state index < -0.39 is 0 Å². The van der Waals surface area contributed by atoms with Crippen molar-refractivity contribution in [2.45, 2.75) is 32.1 Å². The number of carbonyl (C=O) groups is 2. The second kappa shape index (κ2) is 8.52. The van der Waals surface area contributed by atoms with Crippen LogP contribution in [0.1, 0.15) is 31.2 Å². The minimum absolute atomic E-state index is 0.00571. The fourth-order valence-electron chi connectivity index (χ4n) is 2.56. The van der Waals surface area contributed by atoms with Gasteiger partial charge in [-0.15, -0.1) is 0 Å². The highest BCUT2D eigenvalue weighted by Crippen LogP contribution is 2.07. The first-order chi connectivity index (χ1) is 10.2. The van der Waals surface area contributed by atoms with Crippen LogP contribution in [0.3, 0.4) is 0 Å². The maximum Gasteiger partial charge on any atom is 0.227 e. The zero-order chi connectivity index (χ0) is 14.9. The second-order valence-electron chi connectivity index (χ2n) is 5.51. The topological polar surface area (TPSA) is 62.3 Å². The molecule has 1 N–H and O–H groups in total. The number of amides is 1. The van der Waals surface area contributed by atoms with Gasteiger partial charge in [0.15, 0.2) is 5.78 Å². The molecule has 1 amide bonds. The van der Waals surface area contributed by atoms with Gasteiger partial charge in [0.2, 0.25) is 5.91 Å². The van der Waals surface area contributed by atoms with Crippen LogP contribution in [0.5, 0.6) is 0 Å². The molecule has 0 spiro atoms. The van der Waals surface area contributed by atoms with Gasteiger partial charge in [-0.3, -0.25) is 19.5 Å². The molecule has 2 heterocycles. The summed E-state index contributed by atoms with van der Waals surface area (Å²) in [6, 6.07) is 3.95. The van der Waals surface area contributed by atoms with E-state index in [4.69, 9.17) is 0 Å². The van der Waals surface area contributed by atoms with E-state index in [1.54, 1.807) is 12.4 Å². The first-order valence-electron chi connectivity index (χ1n) is 7.64. The van der Waals surface area contributed by atoms with Gasteiger partial charge >= 0.3 is 0 Å². The molecule has 1 aliphatic heterocycles. The average molecular weight is 289 g/mol. The zero-order valence-corrected chi connectivity index (χ0v) is 12.4. The lowest BCUT2D eigenvalue weighted by Crippen LogP contribution is -2.32. The summed E-state index contributed by atoms with van der Waals surface area (Å²) >= 11 is 0. The second-order valence-corrected chi connectivity index (χ2v) is 5.51. The SMILES string of the molecule is O=C(CC(=O)NCCCc1ccncc1)CN1CCCC1. The molecular formula is C16H23N3O2. The van der Waals surface area contributed by atoms with Crippen molar-refractivity contribution in [3.63, 3.8) is 0 Å². The van der Waals surface area contributed by atoms with Crippen LogP contribution in [0.25, 0.3) is 0 Å². The summed E-state index contributed by atoms with van der Waals surface area (Å²) in [7, 11) is 0. The summed E-state index contributed by atoms with van der Waals surface area (Å²) in [5, 5.41) is 2.81. The Bertz CT molecular complexity index is 456. The van der Waals surface area contributed by atoms with Gasteiger partial charge in [0, 0.05) is 18.9 Å². The van der Waals surface area contributed by atoms with Crippen molar-refractivity contribution in [2.75, 3.05) is 26.2 Å². The molecule has 1 fully saturated rings. The number of ketones is 1. The molecule has 21 heavy (non-hydrogen) atoms. The van der Waals surface area contributed by atoms with Gasteiger partial charge in [0.25, 0.3) is 0 Å². The third kappa shape index (κ3) is 6.04. The summed E-state index contributed by atoms with van der Waals surface area (Å²) in [6.07, 6.45) is 7.64. The Kier molecular flexibility index (Phi) is 6.34. The molecule has 1 aliphatic rings. The smallest absolute Gasteiger partial charge is 0.227 e. The first kappa shape index (κ1) is 15.6. The third-order valence-corrected chi connectivity index (χ3v) is 3.67. The summed E-state index contributed by atoms with van der Waals surface area (Å²) < 4.78 is 0. The normalized spacial score (nSPS) is 15.0. The molecule has 0 unspecified atom stereocenters. The van der Waals surface area contributed by atoms with Crippen LogP contribution >= 0.6 is 0 Å². The van der Waals surface area contributed by atoms with E-state index in [1.807, 2.05) is 12.1 Å². The van der Waals surface area contributed by atoms with Crippen LogP contribution in [0.2, 0.25) is 0 Å². The predicted octanol–water partition coefficient (Wildman–Crippen LogP) is 1.19. The maximum atomic E-state index is 11.8. The Morgan fingerprint density at radius 1 is 1.19 bits per heavy atom. The molecule has 1 aromatic heterocycles. The fraction of sp³-hybridized carbons (Fsp3) is 0.562. The molecule has 0 aromatic carbocycles. The van der Waals surface area contributed by atoms with E-state index in [-0.39, 0.29) is 18.1 Å². The third-order valence-electron chi connectivity index (χ3n) is 3.67. The molecule has 2 rings (SSSR count). The average Bonchev–Trinajstić information content (AvgIpc) is 2.97. The quantitative estimate of drug-likeness (QED) is 0.577. The summed E-state index contributed by atoms with van der Waals surface area (Å²) in [6.45, 7) is 3.00. The minimum atomic E-state index is -0.158. The molecular weight excluding hydrogens is 266 g/mol. The standard InChI is InChI=1S/C16H23N3O2/c20-15(13-19-10-1-2-11-19)12-16(21)18-7-3-4-14-5-8-17-9-6-14/h5-6,8-9H,1-4,7,10-13H2,(H,18,21). The van der Waals surface area contributed by atoms with Crippen LogP contribution in [0, 0.1) is 0 Å². The van der Waals surface area contributed by atoms with Crippen molar-refractivity contribution in [3.05, 3.63) is 30.1 Å². The number of carbonyl (C=O) groups excluding carboxylic acids is 2. The molecule has 0 bridgehead atoms. The van der Waals surface area contributed by atoms with E-state index in [0.717, 1.165) is 38.8 Å². The highest BCUT2D eigenvalue weighted by atomic mass is 16.2. The van der Waals surface area contributed by atoms with Crippen LogP contribution < -0.4 is 5.32 Å². The Labute approximate surface area is 125 Å². The molecule has 5 nitrogen and oxygen atoms in total. The summed E-state index contributed by atoms with van der Waals surface area (Å²) in [5.74, 6) is -0.141. The zero-order valence-electron chi connectivity index (χ0n) is 12.4. The van der Waals surface area contributed by atoms with Gasteiger partial charge in [-0.2, -0.15) is 0 Å². The summed E-state index contributed by atoms with van der Waals surface area (Å²) in [4.78, 5) is 29.5. The maximum absolute atomic E-state index is 11.8. The van der Waals surface area contributed by atoms with Crippen molar-refractivity contribution >= 4 is 11.7 Å². The van der Waals surface area contributed by atoms with E-state index in [9.17, 15) is 9.59 Å². The Hall–Kier alpha value is -1.75. The van der Waals surface area contributed by atoms with Gasteiger partial charge in [-0.05, 0) is 56.5 Å². The number of nitrogens with zero attached hydrogens (tertiary/aromatic N) is 2. The van der Waals surface area contributed by atoms with Gasteiger partial charge in [-0.1, -0.05) is 0 Å². The molecule has 0 radical (unpaired) electrons. The number of aryl methyl sites for hydroxylation is 1. The van der Waals surface area contributed by atoms with Crippen molar-refractivity contribution in [2.24, 2.45) is 0 Å². The highest BCUT2D eigenvalue weighted by molar-refractivity contribution is 5.98. The number of hydrogen-bond donors (Lipinski definition) is 1. The fourth-order valence-corrected chi connectivity index (χ4v) is 2.56. The van der Waals surface area contributed by atoms with Crippen molar-refractivity contribution < 1.29 is 9.59 Å². The van der Waals surface area contributed by atoms with Gasteiger partial charge in [0.05, 0.1) is 13.0 Å². The molecule has 1 aromatic rings. The lowest BCUT2D eigenvalue weighted by molar-refractivity contribution is -0.128. The molecule has 0 aliphatic carbocycles. The minimum Gasteiger partial charge on any atom is -0.356 e. The predicted molar refractivity (Wildman–Crippen MR) is 80.9 cm³/mol. The number of Topliss-reactive ketones (excluding diaryl/α,β-unsaturated/α-hetero) is 1. The monoisotopic (exact) mass is 289 g/mol. The molecule has 1 saturated heterocycles. The van der Waals surface area contributed by atoms with Crippen molar-refractivity contribution in [1.82, 2.24) is 15.2 Å². The van der Waals surface area contributed by atoms with Crippen LogP contribution in [0.4, 0.5) is 0 Å². The lowest BCUT2D eigenvalue weighted by Gasteiger charge is -2.13. The van der Waals surface area contributed by atoms with Gasteiger partial charge in [0.1, 0.15) is 0 Å². The van der Waals surface area contributed by atoms with Gasteiger partial charge in [-0.25, -0.2) is 0 Å². The number of aromatic nitrogens is 1. The highest BCUT2D eigenvalue weighted by Gasteiger charge is 2.16. The Balaban J connectivity index is 1.55. The van der Waals surface area contributed by atoms with Crippen LogP contribution in [0.15, 0.2) is 24.5 Å².